The first-order chi connectivity index (χ1) is 7.20. The average molecular weight is 201 g/mol. The third kappa shape index (κ3) is 0.936. The minimum atomic E-state index is 0.295. The van der Waals surface area contributed by atoms with Crippen molar-refractivity contribution in [1.29, 1.82) is 0 Å². The van der Waals surface area contributed by atoms with Gasteiger partial charge in [-0.05, 0) is 13.0 Å². The van der Waals surface area contributed by atoms with Crippen LogP contribution in [0.5, 0.6) is 0 Å². The van der Waals surface area contributed by atoms with Gasteiger partial charge in [0, 0.05) is 30.0 Å². The Hall–Kier alpha value is -1.71. The minimum absolute atomic E-state index is 0.295. The van der Waals surface area contributed by atoms with E-state index in [-0.39, 0.29) is 0 Å². The van der Waals surface area contributed by atoms with Crippen LogP contribution in [0, 0.1) is 6.92 Å². The smallest absolute Gasteiger partial charge is 0.264 e. The topological polar surface area (TPSA) is 34.6 Å². The fourth-order valence-electron chi connectivity index (χ4n) is 2.23. The van der Waals surface area contributed by atoms with E-state index in [9.17, 15) is 0 Å². The maximum absolute atomic E-state index is 4.54. The monoisotopic (exact) mass is 201 g/mol. The molecule has 0 saturated heterocycles. The fourth-order valence-corrected chi connectivity index (χ4v) is 2.23. The van der Waals surface area contributed by atoms with Gasteiger partial charge in [0.15, 0.2) is 0 Å². The highest BCUT2D eigenvalue weighted by atomic mass is 15.4. The largest absolute Gasteiger partial charge is 0.274 e. The second-order valence-electron chi connectivity index (χ2n) is 4.01. The van der Waals surface area contributed by atoms with Crippen molar-refractivity contribution in [3.63, 3.8) is 0 Å². The van der Waals surface area contributed by atoms with Gasteiger partial charge in [0.25, 0.3) is 11.6 Å². The summed E-state index contributed by atoms with van der Waals surface area (Å²) in [5.74, 6) is 2.22. The Bertz CT molecular complexity index is 542. The molecule has 0 bridgehead atoms. The van der Waals surface area contributed by atoms with Crippen LogP contribution >= 0.6 is 0 Å². The predicted molar refractivity (Wildman–Crippen MR) is 55.2 cm³/mol. The Morgan fingerprint density at radius 3 is 3.07 bits per heavy atom. The molecule has 0 fully saturated rings. The number of fused-ring (bicyclic) bond motifs is 3. The number of aryl methyl sites for hydroxylation is 1. The van der Waals surface area contributed by atoms with E-state index in [1.54, 1.807) is 0 Å². The van der Waals surface area contributed by atoms with Crippen molar-refractivity contribution >= 4 is 0 Å². The summed E-state index contributed by atoms with van der Waals surface area (Å²) < 4.78 is 4.20. The minimum Gasteiger partial charge on any atom is -0.264 e. The Morgan fingerprint density at radius 2 is 2.27 bits per heavy atom. The molecule has 0 saturated carbocycles. The van der Waals surface area contributed by atoms with E-state index in [1.165, 1.54) is 17.0 Å². The maximum atomic E-state index is 4.54. The van der Waals surface area contributed by atoms with Crippen molar-refractivity contribution in [1.82, 2.24) is 14.8 Å². The summed E-state index contributed by atoms with van der Waals surface area (Å²) in [5.41, 5.74) is 2.51. The molecule has 0 aromatic carbocycles. The number of nitrogens with zero attached hydrogens (tertiary/aromatic N) is 4. The second kappa shape index (κ2) is 2.66. The SMILES string of the molecule is Cc1nn2c([n+]1C)-c1ccncc1C2C. The highest BCUT2D eigenvalue weighted by molar-refractivity contribution is 5.62. The van der Waals surface area contributed by atoms with E-state index in [4.69, 9.17) is 0 Å². The Kier molecular flexibility index (Phi) is 1.52. The molecule has 2 aromatic heterocycles. The zero-order valence-electron chi connectivity index (χ0n) is 9.10. The van der Waals surface area contributed by atoms with Crippen molar-refractivity contribution in [3.8, 4) is 11.4 Å². The number of aromatic nitrogens is 4. The molecule has 1 unspecified atom stereocenters. The number of rotatable bonds is 0. The van der Waals surface area contributed by atoms with Crippen LogP contribution in [0.3, 0.4) is 0 Å². The van der Waals surface area contributed by atoms with Crippen LogP contribution in [0.2, 0.25) is 0 Å². The van der Waals surface area contributed by atoms with Crippen molar-refractivity contribution in [2.45, 2.75) is 19.9 Å². The first-order valence-electron chi connectivity index (χ1n) is 5.09. The molecule has 0 spiro atoms. The van der Waals surface area contributed by atoms with Gasteiger partial charge in [-0.15, -0.1) is 4.68 Å². The van der Waals surface area contributed by atoms with Gasteiger partial charge < -0.3 is 0 Å². The molecule has 1 atom stereocenters. The van der Waals surface area contributed by atoms with E-state index < -0.39 is 0 Å². The van der Waals surface area contributed by atoms with Crippen molar-refractivity contribution in [3.05, 3.63) is 29.8 Å². The Morgan fingerprint density at radius 1 is 1.47 bits per heavy atom. The lowest BCUT2D eigenvalue weighted by Crippen LogP contribution is -2.31. The van der Waals surface area contributed by atoms with Gasteiger partial charge in [-0.25, -0.2) is 4.57 Å². The molecule has 2 aromatic rings. The molecule has 4 nitrogen and oxygen atoms in total. The highest BCUT2D eigenvalue weighted by Crippen LogP contribution is 2.35. The van der Waals surface area contributed by atoms with E-state index >= 15 is 0 Å². The summed E-state index contributed by atoms with van der Waals surface area (Å²) >= 11 is 0. The molecule has 0 radical (unpaired) electrons. The van der Waals surface area contributed by atoms with Crippen molar-refractivity contribution in [2.24, 2.45) is 7.05 Å². The summed E-state index contributed by atoms with van der Waals surface area (Å²) in [4.78, 5) is 4.17. The molecule has 1 aliphatic rings. The lowest BCUT2D eigenvalue weighted by Gasteiger charge is -1.99. The van der Waals surface area contributed by atoms with Crippen LogP contribution in [0.1, 0.15) is 24.4 Å². The summed E-state index contributed by atoms with van der Waals surface area (Å²) in [6, 6.07) is 2.36. The fraction of sp³-hybridized carbons (Fsp3) is 0.364. The lowest BCUT2D eigenvalue weighted by molar-refractivity contribution is -0.667. The number of hydrogen-bond donors (Lipinski definition) is 0. The zero-order chi connectivity index (χ0) is 10.6. The zero-order valence-corrected chi connectivity index (χ0v) is 9.10. The molecule has 3 rings (SSSR count). The molecule has 76 valence electrons. The standard InChI is InChI=1S/C11H13N4/c1-7-10-6-12-5-4-9(10)11-14(3)8(2)13-15(7)11/h4-7H,1-3H3/q+1. The van der Waals surface area contributed by atoms with Gasteiger partial charge in [-0.2, -0.15) is 0 Å². The molecule has 0 aliphatic carbocycles. The quantitative estimate of drug-likeness (QED) is 0.596. The number of hydrogen-bond acceptors (Lipinski definition) is 2. The van der Waals surface area contributed by atoms with Crippen LogP contribution in [-0.4, -0.2) is 14.8 Å². The van der Waals surface area contributed by atoms with Crippen LogP contribution in [0.15, 0.2) is 18.5 Å². The summed E-state index contributed by atoms with van der Waals surface area (Å²) in [5, 5.41) is 4.54. The first kappa shape index (κ1) is 8.59. The lowest BCUT2D eigenvalue weighted by atomic mass is 10.1. The summed E-state index contributed by atoms with van der Waals surface area (Å²) in [6.07, 6.45) is 3.77. The first-order valence-corrected chi connectivity index (χ1v) is 5.09. The van der Waals surface area contributed by atoms with E-state index in [2.05, 4.69) is 39.4 Å². The summed E-state index contributed by atoms with van der Waals surface area (Å²) in [7, 11) is 2.05. The van der Waals surface area contributed by atoms with E-state index in [0.717, 1.165) is 5.82 Å². The van der Waals surface area contributed by atoms with Crippen molar-refractivity contribution < 1.29 is 4.57 Å². The molecule has 0 amide bonds. The van der Waals surface area contributed by atoms with Gasteiger partial charge in [0.2, 0.25) is 0 Å². The molecule has 4 heteroatoms. The van der Waals surface area contributed by atoms with Gasteiger partial charge in [0.05, 0.1) is 12.6 Å². The van der Waals surface area contributed by atoms with Gasteiger partial charge in [-0.1, -0.05) is 0 Å². The van der Waals surface area contributed by atoms with Crippen LogP contribution in [0.4, 0.5) is 0 Å². The Labute approximate surface area is 88.2 Å². The molecule has 15 heavy (non-hydrogen) atoms. The molecule has 3 heterocycles. The highest BCUT2D eigenvalue weighted by Gasteiger charge is 2.36. The van der Waals surface area contributed by atoms with Gasteiger partial charge >= 0.3 is 0 Å². The van der Waals surface area contributed by atoms with E-state index in [1.807, 2.05) is 19.3 Å². The van der Waals surface area contributed by atoms with Gasteiger partial charge in [0.1, 0.15) is 6.04 Å². The Balaban J connectivity index is 2.38. The van der Waals surface area contributed by atoms with Crippen LogP contribution < -0.4 is 4.57 Å². The average Bonchev–Trinajstić information content (AvgIpc) is 2.68. The van der Waals surface area contributed by atoms with Crippen LogP contribution in [0.25, 0.3) is 11.4 Å². The van der Waals surface area contributed by atoms with Crippen molar-refractivity contribution in [2.75, 3.05) is 0 Å². The third-order valence-electron chi connectivity index (χ3n) is 3.18. The molecule has 1 aliphatic heterocycles. The number of pyridine rings is 1. The third-order valence-corrected chi connectivity index (χ3v) is 3.18. The van der Waals surface area contributed by atoms with E-state index in [0.29, 0.717) is 6.04 Å². The predicted octanol–water partition coefficient (Wildman–Crippen LogP) is 1.00. The molecular formula is C11H13N4+. The summed E-state index contributed by atoms with van der Waals surface area (Å²) in [6.45, 7) is 4.18. The normalized spacial score (nSPS) is 17.7. The van der Waals surface area contributed by atoms with Gasteiger partial charge in [-0.3, -0.25) is 4.98 Å². The van der Waals surface area contributed by atoms with Crippen LogP contribution in [-0.2, 0) is 7.05 Å². The molecular weight excluding hydrogens is 188 g/mol. The maximum Gasteiger partial charge on any atom is 0.274 e. The molecule has 0 N–H and O–H groups in total. The second-order valence-corrected chi connectivity index (χ2v) is 4.01.